The molecule has 0 amide bonds. The Morgan fingerprint density at radius 1 is 1.05 bits per heavy atom. The maximum atomic E-state index is 4.58. The third-order valence-corrected chi connectivity index (χ3v) is 4.12. The minimum absolute atomic E-state index is 0.443. The van der Waals surface area contributed by atoms with Gasteiger partial charge in [-0.3, -0.25) is 0 Å². The van der Waals surface area contributed by atoms with Crippen LogP contribution in [0.4, 0.5) is 17.8 Å². The molecule has 3 rings (SSSR count). The number of aromatic nitrogens is 3. The molecule has 2 fully saturated rings. The number of nitrogens with zero attached hydrogens (tertiary/aromatic N) is 4. The topological polar surface area (TPSA) is 66.0 Å². The van der Waals surface area contributed by atoms with E-state index in [4.69, 9.17) is 0 Å². The van der Waals surface area contributed by atoms with E-state index >= 15 is 0 Å². The number of hydrogen-bond donors (Lipinski definition) is 2. The SMILES string of the molecule is CCNc1nc(NCC2(C)CC2)nc(N2CCCC2)n1. The lowest BCUT2D eigenvalue weighted by molar-refractivity contribution is 0.607. The van der Waals surface area contributed by atoms with Crippen molar-refractivity contribution < 1.29 is 0 Å². The van der Waals surface area contributed by atoms with Crippen LogP contribution in [0, 0.1) is 5.41 Å². The second-order valence-corrected chi connectivity index (χ2v) is 6.17. The van der Waals surface area contributed by atoms with E-state index in [1.807, 2.05) is 0 Å². The number of hydrogen-bond acceptors (Lipinski definition) is 6. The minimum Gasteiger partial charge on any atom is -0.354 e. The molecule has 2 N–H and O–H groups in total. The highest BCUT2D eigenvalue weighted by Crippen LogP contribution is 2.44. The molecule has 6 heteroatoms. The Bertz CT molecular complexity index is 465. The van der Waals surface area contributed by atoms with Crippen molar-refractivity contribution >= 4 is 17.8 Å². The van der Waals surface area contributed by atoms with Crippen molar-refractivity contribution in [1.82, 2.24) is 15.0 Å². The van der Waals surface area contributed by atoms with Crippen molar-refractivity contribution in [2.75, 3.05) is 41.7 Å². The van der Waals surface area contributed by atoms with Gasteiger partial charge in [-0.1, -0.05) is 6.92 Å². The molecule has 0 bridgehead atoms. The van der Waals surface area contributed by atoms with Gasteiger partial charge in [-0.25, -0.2) is 0 Å². The first-order chi connectivity index (χ1) is 9.68. The molecule has 0 spiro atoms. The average Bonchev–Trinajstić information content (AvgIpc) is 2.95. The van der Waals surface area contributed by atoms with Crippen molar-refractivity contribution in [3.05, 3.63) is 0 Å². The van der Waals surface area contributed by atoms with E-state index in [9.17, 15) is 0 Å². The van der Waals surface area contributed by atoms with Gasteiger partial charge in [0.2, 0.25) is 17.8 Å². The minimum atomic E-state index is 0.443. The van der Waals surface area contributed by atoms with Gasteiger partial charge in [0.25, 0.3) is 0 Å². The highest BCUT2D eigenvalue weighted by atomic mass is 15.3. The van der Waals surface area contributed by atoms with E-state index in [2.05, 4.69) is 44.3 Å². The fourth-order valence-electron chi connectivity index (χ4n) is 2.42. The molecule has 0 radical (unpaired) electrons. The predicted molar refractivity (Wildman–Crippen MR) is 81.3 cm³/mol. The first-order valence-electron chi connectivity index (χ1n) is 7.67. The summed E-state index contributed by atoms with van der Waals surface area (Å²) >= 11 is 0. The summed E-state index contributed by atoms with van der Waals surface area (Å²) in [7, 11) is 0. The zero-order valence-electron chi connectivity index (χ0n) is 12.4. The lowest BCUT2D eigenvalue weighted by Crippen LogP contribution is -2.23. The van der Waals surface area contributed by atoms with Gasteiger partial charge in [0, 0.05) is 26.2 Å². The van der Waals surface area contributed by atoms with Crippen molar-refractivity contribution in [3.8, 4) is 0 Å². The van der Waals surface area contributed by atoms with Crippen molar-refractivity contribution in [2.24, 2.45) is 5.41 Å². The lowest BCUT2D eigenvalue weighted by Gasteiger charge is -2.17. The maximum absolute atomic E-state index is 4.58. The van der Waals surface area contributed by atoms with Gasteiger partial charge in [-0.2, -0.15) is 15.0 Å². The molecule has 0 unspecified atom stereocenters. The van der Waals surface area contributed by atoms with Crippen LogP contribution in [0.2, 0.25) is 0 Å². The third-order valence-electron chi connectivity index (χ3n) is 4.12. The van der Waals surface area contributed by atoms with E-state index < -0.39 is 0 Å². The van der Waals surface area contributed by atoms with Gasteiger partial charge < -0.3 is 15.5 Å². The summed E-state index contributed by atoms with van der Waals surface area (Å²) in [4.78, 5) is 15.8. The summed E-state index contributed by atoms with van der Waals surface area (Å²) in [6, 6.07) is 0. The predicted octanol–water partition coefficient (Wildman–Crippen LogP) is 2.12. The summed E-state index contributed by atoms with van der Waals surface area (Å²) in [6.45, 7) is 8.22. The Labute approximate surface area is 120 Å². The largest absolute Gasteiger partial charge is 0.354 e. The van der Waals surface area contributed by atoms with Crippen LogP contribution in [-0.2, 0) is 0 Å². The second-order valence-electron chi connectivity index (χ2n) is 6.17. The number of anilines is 3. The molecule has 1 saturated heterocycles. The summed E-state index contributed by atoms with van der Waals surface area (Å²) < 4.78 is 0. The molecule has 110 valence electrons. The summed E-state index contributed by atoms with van der Waals surface area (Å²) in [5.41, 5.74) is 0.443. The Hall–Kier alpha value is -1.59. The third kappa shape index (κ3) is 3.11. The van der Waals surface area contributed by atoms with Crippen molar-refractivity contribution in [3.63, 3.8) is 0 Å². The smallest absolute Gasteiger partial charge is 0.231 e. The highest BCUT2D eigenvalue weighted by Gasteiger charge is 2.37. The van der Waals surface area contributed by atoms with Crippen LogP contribution in [-0.4, -0.2) is 41.1 Å². The van der Waals surface area contributed by atoms with Crippen LogP contribution in [0.3, 0.4) is 0 Å². The molecule has 20 heavy (non-hydrogen) atoms. The molecule has 1 aliphatic carbocycles. The second kappa shape index (κ2) is 5.42. The summed E-state index contributed by atoms with van der Waals surface area (Å²) in [5, 5.41) is 6.58. The summed E-state index contributed by atoms with van der Waals surface area (Å²) in [6.07, 6.45) is 5.04. The normalized spacial score (nSPS) is 20.0. The number of nitrogens with one attached hydrogen (secondary N) is 2. The Balaban J connectivity index is 1.76. The van der Waals surface area contributed by atoms with Gasteiger partial charge in [0.05, 0.1) is 0 Å². The molecule has 2 aliphatic rings. The van der Waals surface area contributed by atoms with Crippen LogP contribution in [0.15, 0.2) is 0 Å². The van der Waals surface area contributed by atoms with Crippen LogP contribution in [0.1, 0.15) is 39.5 Å². The molecule has 1 aliphatic heterocycles. The molecule has 1 aromatic rings. The van der Waals surface area contributed by atoms with Gasteiger partial charge in [-0.15, -0.1) is 0 Å². The van der Waals surface area contributed by atoms with E-state index in [1.165, 1.54) is 25.7 Å². The van der Waals surface area contributed by atoms with E-state index in [-0.39, 0.29) is 0 Å². The average molecular weight is 276 g/mol. The van der Waals surface area contributed by atoms with E-state index in [1.54, 1.807) is 0 Å². The van der Waals surface area contributed by atoms with Gasteiger partial charge in [0.1, 0.15) is 0 Å². The number of rotatable bonds is 6. The zero-order valence-corrected chi connectivity index (χ0v) is 12.4. The fraction of sp³-hybridized carbons (Fsp3) is 0.786. The maximum Gasteiger partial charge on any atom is 0.231 e. The van der Waals surface area contributed by atoms with Gasteiger partial charge >= 0.3 is 0 Å². The highest BCUT2D eigenvalue weighted by molar-refractivity contribution is 5.44. The standard InChI is InChI=1S/C14H24N6/c1-3-15-11-17-12(16-10-14(2)6-7-14)19-13(18-11)20-8-4-5-9-20/h3-10H2,1-2H3,(H2,15,16,17,18,19). The summed E-state index contributed by atoms with van der Waals surface area (Å²) in [5.74, 6) is 2.18. The molecule has 0 aromatic carbocycles. The van der Waals surface area contributed by atoms with E-state index in [0.29, 0.717) is 17.3 Å². The van der Waals surface area contributed by atoms with Crippen LogP contribution >= 0.6 is 0 Å². The molecular weight excluding hydrogens is 252 g/mol. The Kier molecular flexibility index (Phi) is 3.63. The Morgan fingerprint density at radius 2 is 1.70 bits per heavy atom. The molecular formula is C14H24N6. The molecule has 0 atom stereocenters. The fourth-order valence-corrected chi connectivity index (χ4v) is 2.42. The molecule has 2 heterocycles. The first-order valence-corrected chi connectivity index (χ1v) is 7.67. The van der Waals surface area contributed by atoms with Crippen molar-refractivity contribution in [1.29, 1.82) is 0 Å². The van der Waals surface area contributed by atoms with Crippen LogP contribution < -0.4 is 15.5 Å². The molecule has 1 aromatic heterocycles. The first kappa shape index (κ1) is 13.4. The van der Waals surface area contributed by atoms with Crippen LogP contribution in [0.25, 0.3) is 0 Å². The van der Waals surface area contributed by atoms with Crippen molar-refractivity contribution in [2.45, 2.75) is 39.5 Å². The van der Waals surface area contributed by atoms with E-state index in [0.717, 1.165) is 32.1 Å². The van der Waals surface area contributed by atoms with Crippen LogP contribution in [0.5, 0.6) is 0 Å². The lowest BCUT2D eigenvalue weighted by atomic mass is 10.1. The molecule has 1 saturated carbocycles. The molecule has 6 nitrogen and oxygen atoms in total. The Morgan fingerprint density at radius 3 is 2.30 bits per heavy atom. The van der Waals surface area contributed by atoms with Gasteiger partial charge in [-0.05, 0) is 38.0 Å². The quantitative estimate of drug-likeness (QED) is 0.829. The monoisotopic (exact) mass is 276 g/mol. The zero-order chi connectivity index (χ0) is 14.0. The van der Waals surface area contributed by atoms with Gasteiger partial charge in [0.15, 0.2) is 0 Å².